The number of rotatable bonds is 7. The fourth-order valence-corrected chi connectivity index (χ4v) is 2.98. The monoisotopic (exact) mass is 332 g/mol. The smallest absolute Gasteiger partial charge is 0.287 e. The first-order valence-corrected chi connectivity index (χ1v) is 8.34. The number of nitrogens with one attached hydrogen (secondary N) is 1. The molecule has 0 fully saturated rings. The third-order valence-electron chi connectivity index (χ3n) is 4.03. The predicted molar refractivity (Wildman–Crippen MR) is 96.8 cm³/mol. The molecule has 1 atom stereocenters. The van der Waals surface area contributed by atoms with E-state index in [0.717, 1.165) is 29.7 Å². The number of aryl methyl sites for hydroxylation is 1. The average molecular weight is 332 g/mol. The minimum absolute atomic E-state index is 0.0923. The topological polar surface area (TPSA) is 54.7 Å². The first-order chi connectivity index (χ1) is 11.3. The fourth-order valence-electron chi connectivity index (χ4n) is 2.98. The van der Waals surface area contributed by atoms with Gasteiger partial charge >= 0.3 is 0 Å². The van der Waals surface area contributed by atoms with E-state index in [4.69, 9.17) is 9.15 Å². The third kappa shape index (κ3) is 4.29. The Morgan fingerprint density at radius 3 is 2.62 bits per heavy atom. The molecule has 5 heteroatoms. The van der Waals surface area contributed by atoms with Crippen molar-refractivity contribution in [3.63, 3.8) is 0 Å². The molecule has 1 heterocycles. The zero-order valence-electron chi connectivity index (χ0n) is 15.5. The summed E-state index contributed by atoms with van der Waals surface area (Å²) in [6, 6.07) is 5.66. The van der Waals surface area contributed by atoms with Gasteiger partial charge in [0.25, 0.3) is 5.91 Å². The molecule has 0 bridgehead atoms. The fraction of sp³-hybridized carbons (Fsp3) is 0.526. The molecule has 0 radical (unpaired) electrons. The zero-order valence-corrected chi connectivity index (χ0v) is 15.5. The largest absolute Gasteiger partial charge is 0.497 e. The molecule has 0 aliphatic carbocycles. The molecule has 0 saturated carbocycles. The number of methoxy groups -OCH3 is 1. The van der Waals surface area contributed by atoms with Gasteiger partial charge in [-0.2, -0.15) is 0 Å². The number of amides is 1. The van der Waals surface area contributed by atoms with Gasteiger partial charge in [-0.3, -0.25) is 4.79 Å². The van der Waals surface area contributed by atoms with Crippen LogP contribution in [0.4, 0.5) is 0 Å². The van der Waals surface area contributed by atoms with Gasteiger partial charge in [-0.1, -0.05) is 13.8 Å². The first-order valence-electron chi connectivity index (χ1n) is 8.34. The molecule has 1 aromatic carbocycles. The van der Waals surface area contributed by atoms with Crippen molar-refractivity contribution >= 4 is 16.9 Å². The molecular weight excluding hydrogens is 304 g/mol. The molecule has 24 heavy (non-hydrogen) atoms. The lowest BCUT2D eigenvalue weighted by Gasteiger charge is -2.23. The number of carbonyl (C=O) groups excluding carboxylic acids is 1. The van der Waals surface area contributed by atoms with Crippen LogP contribution in [0.5, 0.6) is 5.75 Å². The second kappa shape index (κ2) is 7.71. The summed E-state index contributed by atoms with van der Waals surface area (Å²) in [6.45, 7) is 7.03. The van der Waals surface area contributed by atoms with Crippen molar-refractivity contribution in [3.8, 4) is 5.75 Å². The summed E-state index contributed by atoms with van der Waals surface area (Å²) >= 11 is 0. The Bertz CT molecular complexity index is 694. The summed E-state index contributed by atoms with van der Waals surface area (Å²) in [6.07, 6.45) is 0.928. The lowest BCUT2D eigenvalue weighted by atomic mass is 10.0. The lowest BCUT2D eigenvalue weighted by Crippen LogP contribution is -2.42. The van der Waals surface area contributed by atoms with E-state index >= 15 is 0 Å². The number of furan rings is 1. The highest BCUT2D eigenvalue weighted by molar-refractivity contribution is 5.99. The van der Waals surface area contributed by atoms with Crippen LogP contribution in [0.15, 0.2) is 22.6 Å². The highest BCUT2D eigenvalue weighted by atomic mass is 16.5. The van der Waals surface area contributed by atoms with Gasteiger partial charge in [0.05, 0.1) is 7.11 Å². The standard InChI is InChI=1S/C19H28N2O3/c1-12(2)9-14(11-21(4)5)20-19(22)18-13(3)16-10-15(23-6)7-8-17(16)24-18/h7-8,10,12,14H,9,11H2,1-6H3,(H,20,22). The van der Waals surface area contributed by atoms with Crippen molar-refractivity contribution in [2.75, 3.05) is 27.7 Å². The molecular formula is C19H28N2O3. The van der Waals surface area contributed by atoms with Gasteiger partial charge in [-0.05, 0) is 51.6 Å². The lowest BCUT2D eigenvalue weighted by molar-refractivity contribution is 0.0897. The highest BCUT2D eigenvalue weighted by Crippen LogP contribution is 2.28. The normalized spacial score (nSPS) is 12.8. The number of likely N-dealkylation sites (N-methyl/N-ethyl adjacent to an activating group) is 1. The quantitative estimate of drug-likeness (QED) is 0.844. The number of hydrogen-bond donors (Lipinski definition) is 1. The second-order valence-electron chi connectivity index (χ2n) is 6.98. The van der Waals surface area contributed by atoms with Crippen molar-refractivity contribution in [1.29, 1.82) is 0 Å². The number of ether oxygens (including phenoxy) is 1. The number of hydrogen-bond acceptors (Lipinski definition) is 4. The van der Waals surface area contributed by atoms with E-state index in [2.05, 4.69) is 24.1 Å². The van der Waals surface area contributed by atoms with Gasteiger partial charge in [-0.25, -0.2) is 0 Å². The van der Waals surface area contributed by atoms with Crippen LogP contribution in [0.2, 0.25) is 0 Å². The van der Waals surface area contributed by atoms with E-state index < -0.39 is 0 Å². The van der Waals surface area contributed by atoms with Crippen LogP contribution in [-0.4, -0.2) is 44.6 Å². The van der Waals surface area contributed by atoms with E-state index in [1.165, 1.54) is 0 Å². The number of nitrogens with zero attached hydrogens (tertiary/aromatic N) is 1. The first kappa shape index (κ1) is 18.3. The van der Waals surface area contributed by atoms with E-state index in [-0.39, 0.29) is 11.9 Å². The zero-order chi connectivity index (χ0) is 17.9. The van der Waals surface area contributed by atoms with Crippen molar-refractivity contribution in [2.45, 2.75) is 33.2 Å². The van der Waals surface area contributed by atoms with Crippen molar-refractivity contribution in [1.82, 2.24) is 10.2 Å². The molecule has 1 unspecified atom stereocenters. The van der Waals surface area contributed by atoms with Gasteiger partial charge in [0.15, 0.2) is 5.76 Å². The Kier molecular flexibility index (Phi) is 5.89. The van der Waals surface area contributed by atoms with Gasteiger partial charge in [0, 0.05) is 23.5 Å². The van der Waals surface area contributed by atoms with Crippen LogP contribution in [0.3, 0.4) is 0 Å². The summed E-state index contributed by atoms with van der Waals surface area (Å²) in [4.78, 5) is 14.8. The summed E-state index contributed by atoms with van der Waals surface area (Å²) in [7, 11) is 5.65. The summed E-state index contributed by atoms with van der Waals surface area (Å²) in [5.41, 5.74) is 1.54. The molecule has 0 saturated heterocycles. The summed E-state index contributed by atoms with van der Waals surface area (Å²) in [5, 5.41) is 4.03. The average Bonchev–Trinajstić information content (AvgIpc) is 2.82. The van der Waals surface area contributed by atoms with E-state index in [9.17, 15) is 4.79 Å². The van der Waals surface area contributed by atoms with Crippen LogP contribution >= 0.6 is 0 Å². The SMILES string of the molecule is COc1ccc2oc(C(=O)NC(CC(C)C)CN(C)C)c(C)c2c1. The molecule has 5 nitrogen and oxygen atoms in total. The molecule has 2 rings (SSSR count). The molecule has 1 aromatic heterocycles. The van der Waals surface area contributed by atoms with E-state index in [1.807, 2.05) is 39.2 Å². The third-order valence-corrected chi connectivity index (χ3v) is 4.03. The number of benzene rings is 1. The number of fused-ring (bicyclic) bond motifs is 1. The minimum atomic E-state index is -0.157. The molecule has 132 valence electrons. The Morgan fingerprint density at radius 2 is 2.04 bits per heavy atom. The van der Waals surface area contributed by atoms with Crippen LogP contribution in [0, 0.1) is 12.8 Å². The molecule has 0 spiro atoms. The second-order valence-corrected chi connectivity index (χ2v) is 6.98. The van der Waals surface area contributed by atoms with Crippen molar-refractivity contribution in [2.24, 2.45) is 5.92 Å². The van der Waals surface area contributed by atoms with Crippen LogP contribution in [0.1, 0.15) is 36.4 Å². The van der Waals surface area contributed by atoms with Crippen LogP contribution < -0.4 is 10.1 Å². The molecule has 1 amide bonds. The van der Waals surface area contributed by atoms with E-state index in [1.54, 1.807) is 7.11 Å². The Balaban J connectivity index is 2.24. The van der Waals surface area contributed by atoms with Gasteiger partial charge in [0.1, 0.15) is 11.3 Å². The molecule has 2 aromatic rings. The van der Waals surface area contributed by atoms with Crippen LogP contribution in [-0.2, 0) is 0 Å². The Labute approximate surface area is 144 Å². The Morgan fingerprint density at radius 1 is 1.33 bits per heavy atom. The van der Waals surface area contributed by atoms with Gasteiger partial charge in [-0.15, -0.1) is 0 Å². The maximum absolute atomic E-state index is 12.7. The van der Waals surface area contributed by atoms with E-state index in [0.29, 0.717) is 17.3 Å². The predicted octanol–water partition coefficient (Wildman–Crippen LogP) is 3.46. The maximum atomic E-state index is 12.7. The Hall–Kier alpha value is -2.01. The molecule has 0 aliphatic rings. The molecule has 0 aliphatic heterocycles. The van der Waals surface area contributed by atoms with Gasteiger partial charge in [0.2, 0.25) is 0 Å². The van der Waals surface area contributed by atoms with Crippen molar-refractivity contribution in [3.05, 3.63) is 29.5 Å². The minimum Gasteiger partial charge on any atom is -0.497 e. The maximum Gasteiger partial charge on any atom is 0.287 e. The van der Waals surface area contributed by atoms with Crippen molar-refractivity contribution < 1.29 is 13.9 Å². The van der Waals surface area contributed by atoms with Gasteiger partial charge < -0.3 is 19.4 Å². The summed E-state index contributed by atoms with van der Waals surface area (Å²) < 4.78 is 11.0. The summed E-state index contributed by atoms with van der Waals surface area (Å²) in [5.74, 6) is 1.49. The van der Waals surface area contributed by atoms with Crippen LogP contribution in [0.25, 0.3) is 11.0 Å². The highest BCUT2D eigenvalue weighted by Gasteiger charge is 2.22. The molecule has 1 N–H and O–H groups in total. The number of carbonyl (C=O) groups is 1.